The van der Waals surface area contributed by atoms with Crippen LogP contribution in [0.3, 0.4) is 0 Å². The molecule has 0 saturated carbocycles. The van der Waals surface area contributed by atoms with Gasteiger partial charge in [0, 0.05) is 18.7 Å². The van der Waals surface area contributed by atoms with Crippen LogP contribution in [0.4, 0.5) is 32.2 Å². The van der Waals surface area contributed by atoms with Gasteiger partial charge in [0.2, 0.25) is 15.9 Å². The molecular formula is C25H22F6N4O3S. The van der Waals surface area contributed by atoms with Crippen LogP contribution in [0.25, 0.3) is 5.69 Å². The molecule has 0 bridgehead atoms. The van der Waals surface area contributed by atoms with E-state index in [0.717, 1.165) is 30.2 Å². The van der Waals surface area contributed by atoms with E-state index in [1.54, 1.807) is 18.2 Å². The Balaban J connectivity index is 1.73. The van der Waals surface area contributed by atoms with Crippen LogP contribution >= 0.6 is 0 Å². The molecule has 0 atom stereocenters. The molecule has 1 saturated heterocycles. The summed E-state index contributed by atoms with van der Waals surface area (Å²) in [6, 6.07) is 12.2. The molecule has 0 unspecified atom stereocenters. The number of hydrogen-bond acceptors (Lipinski definition) is 5. The van der Waals surface area contributed by atoms with Gasteiger partial charge in [-0.05, 0) is 50.1 Å². The molecule has 1 fully saturated rings. The van der Waals surface area contributed by atoms with Gasteiger partial charge in [-0.25, -0.2) is 13.1 Å². The molecule has 0 aliphatic carbocycles. The van der Waals surface area contributed by atoms with Gasteiger partial charge >= 0.3 is 18.0 Å². The summed E-state index contributed by atoms with van der Waals surface area (Å²) in [5, 5.41) is 3.96. The van der Waals surface area contributed by atoms with Crippen molar-refractivity contribution < 1.29 is 39.5 Å². The van der Waals surface area contributed by atoms with Crippen molar-refractivity contribution in [1.29, 1.82) is 0 Å². The number of sulfonamides is 1. The van der Waals surface area contributed by atoms with Gasteiger partial charge in [-0.2, -0.15) is 40.7 Å². The van der Waals surface area contributed by atoms with E-state index in [2.05, 4.69) is 10.1 Å². The number of aryl methyl sites for hydroxylation is 1. The van der Waals surface area contributed by atoms with Crippen molar-refractivity contribution in [2.45, 2.75) is 49.0 Å². The van der Waals surface area contributed by atoms with Crippen LogP contribution in [-0.4, -0.2) is 53.8 Å². The first-order chi connectivity index (χ1) is 18.3. The first-order valence-corrected chi connectivity index (χ1v) is 13.4. The fourth-order valence-electron chi connectivity index (χ4n) is 4.82. The molecular weight excluding hydrogens is 550 g/mol. The summed E-state index contributed by atoms with van der Waals surface area (Å²) in [6.07, 6.45) is -9.83. The molecule has 3 heterocycles. The molecule has 14 heteroatoms. The van der Waals surface area contributed by atoms with Gasteiger partial charge in [-0.1, -0.05) is 30.7 Å². The second-order valence-corrected chi connectivity index (χ2v) is 11.2. The molecule has 0 amide bonds. The van der Waals surface area contributed by atoms with Crippen molar-refractivity contribution >= 4 is 21.7 Å². The van der Waals surface area contributed by atoms with Crippen molar-refractivity contribution in [2.24, 2.45) is 4.99 Å². The normalized spacial score (nSPS) is 18.3. The third-order valence-electron chi connectivity index (χ3n) is 6.68. The highest BCUT2D eigenvalue weighted by Gasteiger charge is 2.77. The standard InChI is InChI=1S/C25H22F6N4O3S/c1-16-20-21(35(33-16)18-10-4-2-5-11-18)32-22(38-23(20,24(26,27)28)25(29,30)31)17-9-8-12-19(15-17)39(36,37)34-13-6-3-7-14-34/h2,4-5,8-12,15H,3,6-7,13-14H2,1H3. The number of aliphatic imine (C=N–C) groups is 1. The Labute approximate surface area is 219 Å². The second-order valence-electron chi connectivity index (χ2n) is 9.22. The van der Waals surface area contributed by atoms with Crippen LogP contribution in [0.5, 0.6) is 0 Å². The van der Waals surface area contributed by atoms with Crippen molar-refractivity contribution in [1.82, 2.24) is 14.1 Å². The number of aromatic nitrogens is 2. The highest BCUT2D eigenvalue weighted by atomic mass is 32.2. The van der Waals surface area contributed by atoms with Gasteiger partial charge in [-0.15, -0.1) is 0 Å². The third kappa shape index (κ3) is 4.39. The summed E-state index contributed by atoms with van der Waals surface area (Å²) >= 11 is 0. The van der Waals surface area contributed by atoms with Crippen molar-refractivity contribution in [3.8, 4) is 5.69 Å². The Kier molecular flexibility index (Phi) is 6.53. The molecule has 2 aromatic carbocycles. The molecule has 2 aliphatic heterocycles. The minimum Gasteiger partial charge on any atom is -0.446 e. The zero-order valence-electron chi connectivity index (χ0n) is 20.4. The van der Waals surface area contributed by atoms with E-state index < -0.39 is 50.9 Å². The van der Waals surface area contributed by atoms with Crippen LogP contribution in [0.1, 0.15) is 36.1 Å². The van der Waals surface area contributed by atoms with Crippen LogP contribution in [0.2, 0.25) is 0 Å². The highest BCUT2D eigenvalue weighted by molar-refractivity contribution is 7.89. The van der Waals surface area contributed by atoms with Gasteiger partial charge in [0.25, 0.3) is 0 Å². The Morgan fingerprint density at radius 1 is 0.897 bits per heavy atom. The van der Waals surface area contributed by atoms with Crippen molar-refractivity contribution in [3.63, 3.8) is 0 Å². The molecule has 208 valence electrons. The Hall–Kier alpha value is -3.39. The monoisotopic (exact) mass is 572 g/mol. The number of fused-ring (bicyclic) bond motifs is 1. The van der Waals surface area contributed by atoms with Gasteiger partial charge in [-0.3, -0.25) is 0 Å². The molecule has 39 heavy (non-hydrogen) atoms. The number of piperidine rings is 1. The van der Waals surface area contributed by atoms with E-state index in [1.807, 2.05) is 0 Å². The molecule has 0 radical (unpaired) electrons. The van der Waals surface area contributed by atoms with Crippen LogP contribution < -0.4 is 0 Å². The van der Waals surface area contributed by atoms with Crippen LogP contribution in [0, 0.1) is 6.92 Å². The number of nitrogens with zero attached hydrogens (tertiary/aromatic N) is 4. The summed E-state index contributed by atoms with van der Waals surface area (Å²) in [6.45, 7) is 1.53. The fourth-order valence-corrected chi connectivity index (χ4v) is 6.39. The Morgan fingerprint density at radius 3 is 2.15 bits per heavy atom. The Bertz CT molecular complexity index is 1510. The van der Waals surface area contributed by atoms with E-state index in [9.17, 15) is 34.8 Å². The van der Waals surface area contributed by atoms with Gasteiger partial charge in [0.05, 0.1) is 21.8 Å². The summed E-state index contributed by atoms with van der Waals surface area (Å²) in [5.74, 6) is -1.76. The minimum absolute atomic E-state index is 0.173. The Morgan fingerprint density at radius 2 is 1.54 bits per heavy atom. The molecule has 5 rings (SSSR count). The predicted molar refractivity (Wildman–Crippen MR) is 128 cm³/mol. The lowest BCUT2D eigenvalue weighted by atomic mass is 9.90. The largest absolute Gasteiger partial charge is 0.446 e. The fraction of sp³-hybridized carbons (Fsp3) is 0.360. The lowest BCUT2D eigenvalue weighted by Crippen LogP contribution is -2.58. The smallest absolute Gasteiger partial charge is 0.442 e. The SMILES string of the molecule is Cc1nn(-c2ccccc2)c2c1C(C(F)(F)F)(C(F)(F)F)OC(c1cccc(S(=O)(=O)N3CCCCC3)c1)=N2. The number of halogens is 6. The van der Waals surface area contributed by atoms with Crippen LogP contribution in [0.15, 0.2) is 64.5 Å². The minimum atomic E-state index is -5.98. The lowest BCUT2D eigenvalue weighted by Gasteiger charge is -2.39. The topological polar surface area (TPSA) is 76.8 Å². The molecule has 0 N–H and O–H groups in total. The van der Waals surface area contributed by atoms with Gasteiger partial charge < -0.3 is 4.74 Å². The number of rotatable bonds is 4. The molecule has 7 nitrogen and oxygen atoms in total. The second kappa shape index (κ2) is 9.37. The van der Waals surface area contributed by atoms with Gasteiger partial charge in [0.1, 0.15) is 0 Å². The highest BCUT2D eigenvalue weighted by Crippen LogP contribution is 2.58. The zero-order valence-corrected chi connectivity index (χ0v) is 21.2. The van der Waals surface area contributed by atoms with E-state index in [0.29, 0.717) is 12.8 Å². The number of benzene rings is 2. The molecule has 2 aliphatic rings. The average Bonchev–Trinajstić information content (AvgIpc) is 3.24. The lowest BCUT2D eigenvalue weighted by molar-refractivity contribution is -0.370. The van der Waals surface area contributed by atoms with E-state index >= 15 is 0 Å². The van der Waals surface area contributed by atoms with Crippen molar-refractivity contribution in [3.05, 3.63) is 71.4 Å². The quantitative estimate of drug-likeness (QED) is 0.372. The summed E-state index contributed by atoms with van der Waals surface area (Å²) in [5.41, 5.74) is -6.85. The maximum absolute atomic E-state index is 14.5. The molecule has 0 spiro atoms. The number of ether oxygens (including phenoxy) is 1. The predicted octanol–water partition coefficient (Wildman–Crippen LogP) is 5.78. The first-order valence-electron chi connectivity index (χ1n) is 11.9. The molecule has 1 aromatic heterocycles. The number of hydrogen-bond donors (Lipinski definition) is 0. The van der Waals surface area contributed by atoms with Crippen LogP contribution in [-0.2, 0) is 20.4 Å². The summed E-state index contributed by atoms with van der Waals surface area (Å²) in [4.78, 5) is 3.76. The average molecular weight is 573 g/mol. The van der Waals surface area contributed by atoms with E-state index in [1.165, 1.54) is 28.6 Å². The van der Waals surface area contributed by atoms with Crippen molar-refractivity contribution in [2.75, 3.05) is 13.1 Å². The maximum Gasteiger partial charge on any atom is 0.442 e. The summed E-state index contributed by atoms with van der Waals surface area (Å²) < 4.78 is 120. The maximum atomic E-state index is 14.5. The van der Waals surface area contributed by atoms with Gasteiger partial charge in [0.15, 0.2) is 5.82 Å². The summed E-state index contributed by atoms with van der Waals surface area (Å²) in [7, 11) is -4.06. The van der Waals surface area contributed by atoms with E-state index in [-0.39, 0.29) is 29.2 Å². The third-order valence-corrected chi connectivity index (χ3v) is 8.57. The number of para-hydroxylation sites is 1. The zero-order chi connectivity index (χ0) is 28.2. The van der Waals surface area contributed by atoms with E-state index in [4.69, 9.17) is 4.74 Å². The first kappa shape index (κ1) is 27.2. The number of alkyl halides is 6. The molecule has 3 aromatic rings.